The summed E-state index contributed by atoms with van der Waals surface area (Å²) in [6.07, 6.45) is -1.36. The second kappa shape index (κ2) is 11.7. The Balaban J connectivity index is 5.16. The molecule has 0 aliphatic rings. The van der Waals surface area contributed by atoms with Crippen molar-refractivity contribution in [3.63, 3.8) is 0 Å². The lowest BCUT2D eigenvalue weighted by atomic mass is 10.0. The summed E-state index contributed by atoms with van der Waals surface area (Å²) in [5.41, 5.74) is 5.48. The topological polar surface area (TPSA) is 191 Å². The SMILES string of the molecule is CC(C)C(NC(=O)C(CO)NC(=O)C(N)CS)C(=O)NC(C(=O)O)C(C)O. The molecule has 0 aliphatic heterocycles. The van der Waals surface area contributed by atoms with Gasteiger partial charge in [0, 0.05) is 5.75 Å². The number of hydrogen-bond donors (Lipinski definition) is 8. The lowest BCUT2D eigenvalue weighted by molar-refractivity contribution is -0.145. The summed E-state index contributed by atoms with van der Waals surface area (Å²) < 4.78 is 0. The van der Waals surface area contributed by atoms with Crippen LogP contribution in [0.4, 0.5) is 0 Å². The van der Waals surface area contributed by atoms with Crippen LogP contribution in [-0.4, -0.2) is 81.6 Å². The van der Waals surface area contributed by atoms with Gasteiger partial charge in [-0.15, -0.1) is 0 Å². The van der Waals surface area contributed by atoms with Crippen LogP contribution in [0.2, 0.25) is 0 Å². The third kappa shape index (κ3) is 8.12. The Kier molecular flexibility index (Phi) is 10.9. The zero-order valence-electron chi connectivity index (χ0n) is 15.4. The zero-order valence-corrected chi connectivity index (χ0v) is 16.3. The number of hydrogen-bond acceptors (Lipinski definition) is 8. The Bertz CT molecular complexity index is 544. The first kappa shape index (κ1) is 25.1. The summed E-state index contributed by atoms with van der Waals surface area (Å²) in [5, 5.41) is 34.6. The van der Waals surface area contributed by atoms with E-state index in [-0.39, 0.29) is 5.75 Å². The molecule has 0 bridgehead atoms. The van der Waals surface area contributed by atoms with Gasteiger partial charge in [-0.3, -0.25) is 14.4 Å². The summed E-state index contributed by atoms with van der Waals surface area (Å²) >= 11 is 3.86. The van der Waals surface area contributed by atoms with Crippen molar-refractivity contribution in [3.8, 4) is 0 Å². The van der Waals surface area contributed by atoms with E-state index in [0.29, 0.717) is 0 Å². The van der Waals surface area contributed by atoms with E-state index >= 15 is 0 Å². The first-order chi connectivity index (χ1) is 12.5. The Hall–Kier alpha value is -1.89. The number of carboxylic acid groups (broad SMARTS) is 1. The lowest BCUT2D eigenvalue weighted by Crippen LogP contribution is -2.60. The number of aliphatic hydroxyl groups is 2. The molecule has 0 aliphatic carbocycles. The molecule has 156 valence electrons. The third-order valence-corrected chi connectivity index (χ3v) is 4.04. The Morgan fingerprint density at radius 2 is 1.48 bits per heavy atom. The van der Waals surface area contributed by atoms with Crippen LogP contribution in [0.1, 0.15) is 20.8 Å². The fraction of sp³-hybridized carbons (Fsp3) is 0.733. The summed E-state index contributed by atoms with van der Waals surface area (Å²) in [5.74, 6) is -4.25. The maximum atomic E-state index is 12.3. The van der Waals surface area contributed by atoms with E-state index in [4.69, 9.17) is 10.8 Å². The number of nitrogens with one attached hydrogen (secondary N) is 3. The lowest BCUT2D eigenvalue weighted by Gasteiger charge is -2.27. The number of carbonyl (C=O) groups is 4. The third-order valence-electron chi connectivity index (χ3n) is 3.64. The van der Waals surface area contributed by atoms with E-state index in [1.165, 1.54) is 6.92 Å². The monoisotopic (exact) mass is 408 g/mol. The van der Waals surface area contributed by atoms with Crippen molar-refractivity contribution in [1.29, 1.82) is 0 Å². The normalized spacial score (nSPS) is 16.6. The van der Waals surface area contributed by atoms with E-state index in [9.17, 15) is 29.4 Å². The predicted molar refractivity (Wildman–Crippen MR) is 98.9 cm³/mol. The first-order valence-electron chi connectivity index (χ1n) is 8.25. The quantitative estimate of drug-likeness (QED) is 0.164. The minimum Gasteiger partial charge on any atom is -0.480 e. The van der Waals surface area contributed by atoms with Crippen LogP contribution in [0.5, 0.6) is 0 Å². The largest absolute Gasteiger partial charge is 0.480 e. The number of thiol groups is 1. The van der Waals surface area contributed by atoms with Gasteiger partial charge in [0.25, 0.3) is 0 Å². The van der Waals surface area contributed by atoms with Gasteiger partial charge in [-0.25, -0.2) is 4.79 Å². The van der Waals surface area contributed by atoms with Crippen molar-refractivity contribution in [2.24, 2.45) is 11.7 Å². The standard InChI is InChI=1S/C15H28N4O7S/c1-6(2)10(14(24)19-11(7(3)21)15(25)26)18-13(23)9(4-20)17-12(22)8(16)5-27/h6-11,20-21,27H,4-5,16H2,1-3H3,(H,17,22)(H,18,23)(H,19,24)(H,25,26). The maximum Gasteiger partial charge on any atom is 0.328 e. The minimum atomic E-state index is -1.56. The van der Waals surface area contributed by atoms with E-state index in [1.54, 1.807) is 13.8 Å². The van der Waals surface area contributed by atoms with Crippen molar-refractivity contribution in [1.82, 2.24) is 16.0 Å². The molecule has 0 saturated heterocycles. The average Bonchev–Trinajstić information content (AvgIpc) is 2.59. The van der Waals surface area contributed by atoms with Gasteiger partial charge in [0.05, 0.1) is 18.8 Å². The number of rotatable bonds is 11. The number of nitrogens with two attached hydrogens (primary N) is 1. The second-order valence-electron chi connectivity index (χ2n) is 6.33. The van der Waals surface area contributed by atoms with E-state index in [1.807, 2.05) is 0 Å². The van der Waals surface area contributed by atoms with Crippen molar-refractivity contribution >= 4 is 36.3 Å². The smallest absolute Gasteiger partial charge is 0.328 e. The van der Waals surface area contributed by atoms with E-state index < -0.39 is 66.5 Å². The molecule has 5 atom stereocenters. The molecule has 0 rings (SSSR count). The summed E-state index contributed by atoms with van der Waals surface area (Å²) in [6.45, 7) is 3.66. The highest BCUT2D eigenvalue weighted by Crippen LogP contribution is 2.05. The van der Waals surface area contributed by atoms with Gasteiger partial charge in [-0.2, -0.15) is 12.6 Å². The number of amides is 3. The van der Waals surface area contributed by atoms with Crippen molar-refractivity contribution in [2.45, 2.75) is 51.0 Å². The first-order valence-corrected chi connectivity index (χ1v) is 8.88. The van der Waals surface area contributed by atoms with Crippen LogP contribution in [0.3, 0.4) is 0 Å². The van der Waals surface area contributed by atoms with E-state index in [0.717, 1.165) is 0 Å². The molecule has 5 unspecified atom stereocenters. The highest BCUT2D eigenvalue weighted by Gasteiger charge is 2.32. The molecule has 12 heteroatoms. The van der Waals surface area contributed by atoms with Gasteiger partial charge in [0.1, 0.15) is 12.1 Å². The molecular weight excluding hydrogens is 380 g/mol. The van der Waals surface area contributed by atoms with Crippen molar-refractivity contribution < 1.29 is 34.5 Å². The minimum absolute atomic E-state index is 0.0263. The van der Waals surface area contributed by atoms with Gasteiger partial charge in [0.2, 0.25) is 17.7 Å². The van der Waals surface area contributed by atoms with Gasteiger partial charge in [0.15, 0.2) is 6.04 Å². The van der Waals surface area contributed by atoms with Crippen LogP contribution >= 0.6 is 12.6 Å². The molecule has 3 amide bonds. The Labute approximate surface area is 162 Å². The zero-order chi connectivity index (χ0) is 21.3. The van der Waals surface area contributed by atoms with Crippen LogP contribution in [0.25, 0.3) is 0 Å². The van der Waals surface area contributed by atoms with Crippen LogP contribution < -0.4 is 21.7 Å². The highest BCUT2D eigenvalue weighted by molar-refractivity contribution is 7.80. The molecule has 0 aromatic carbocycles. The number of aliphatic hydroxyl groups excluding tert-OH is 2. The van der Waals surface area contributed by atoms with Gasteiger partial charge < -0.3 is 37.0 Å². The Morgan fingerprint density at radius 1 is 0.963 bits per heavy atom. The summed E-state index contributed by atoms with van der Waals surface area (Å²) in [7, 11) is 0. The molecule has 0 fully saturated rings. The van der Waals surface area contributed by atoms with Crippen molar-refractivity contribution in [3.05, 3.63) is 0 Å². The molecule has 11 nitrogen and oxygen atoms in total. The second-order valence-corrected chi connectivity index (χ2v) is 6.69. The highest BCUT2D eigenvalue weighted by atomic mass is 32.1. The van der Waals surface area contributed by atoms with Gasteiger partial charge >= 0.3 is 5.97 Å². The van der Waals surface area contributed by atoms with Gasteiger partial charge in [-0.05, 0) is 12.8 Å². The number of aliphatic carboxylic acids is 1. The Morgan fingerprint density at radius 3 is 1.85 bits per heavy atom. The molecule has 0 aromatic rings. The molecule has 0 saturated carbocycles. The molecule has 27 heavy (non-hydrogen) atoms. The predicted octanol–water partition coefficient (Wildman–Crippen LogP) is -3.19. The molecule has 0 heterocycles. The number of carboxylic acids is 1. The average molecular weight is 408 g/mol. The molecular formula is C15H28N4O7S. The van der Waals surface area contributed by atoms with Crippen LogP contribution in [0.15, 0.2) is 0 Å². The van der Waals surface area contributed by atoms with E-state index in [2.05, 4.69) is 28.6 Å². The molecule has 0 spiro atoms. The van der Waals surface area contributed by atoms with Gasteiger partial charge in [-0.1, -0.05) is 13.8 Å². The molecule has 0 radical (unpaired) electrons. The van der Waals surface area contributed by atoms with Crippen LogP contribution in [0, 0.1) is 5.92 Å². The fourth-order valence-electron chi connectivity index (χ4n) is 1.98. The maximum absolute atomic E-state index is 12.3. The molecule has 8 N–H and O–H groups in total. The van der Waals surface area contributed by atoms with Crippen LogP contribution in [-0.2, 0) is 19.2 Å². The summed E-state index contributed by atoms with van der Waals surface area (Å²) in [6, 6.07) is -5.06. The van der Waals surface area contributed by atoms with Crippen molar-refractivity contribution in [2.75, 3.05) is 12.4 Å². The number of carbonyl (C=O) groups excluding carboxylic acids is 3. The summed E-state index contributed by atoms with van der Waals surface area (Å²) in [4.78, 5) is 47.5. The molecule has 0 aromatic heterocycles. The fourth-order valence-corrected chi connectivity index (χ4v) is 2.14.